The van der Waals surface area contributed by atoms with Gasteiger partial charge in [-0.15, -0.1) is 0 Å². The van der Waals surface area contributed by atoms with E-state index in [1.54, 1.807) is 0 Å². The first-order valence-electron chi connectivity index (χ1n) is 27.8. The van der Waals surface area contributed by atoms with E-state index in [4.69, 9.17) is 23.3 Å². The normalized spacial score (nSPS) is 14.2. The van der Waals surface area contributed by atoms with Crippen LogP contribution in [0.4, 0.5) is 0 Å². The summed E-state index contributed by atoms with van der Waals surface area (Å²) in [7, 11) is -4.78. The van der Waals surface area contributed by atoms with E-state index >= 15 is 0 Å². The van der Waals surface area contributed by atoms with Crippen molar-refractivity contribution in [2.45, 2.75) is 226 Å². The van der Waals surface area contributed by atoms with Crippen LogP contribution < -0.4 is 0 Å². The number of hydrogen-bond donors (Lipinski definition) is 2. The number of aliphatic hydroxyl groups is 1. The van der Waals surface area contributed by atoms with Gasteiger partial charge in [0.05, 0.1) is 19.8 Å². The minimum absolute atomic E-state index is 0.0373. The Bertz CT molecular complexity index is 1620. The minimum Gasteiger partial charge on any atom is -0.462 e. The number of ether oxygens (including phenoxy) is 3. The fourth-order valence-electron chi connectivity index (χ4n) is 6.94. The second kappa shape index (κ2) is 53.4. The Labute approximate surface area is 437 Å². The molecule has 0 aromatic carbocycles. The average Bonchev–Trinajstić information content (AvgIpc) is 3.37. The third kappa shape index (κ3) is 51.1. The number of carbonyl (C=O) groups excluding carboxylic acids is 3. The number of unbranched alkanes of at least 4 members (excludes halogenated alkanes) is 15. The van der Waals surface area contributed by atoms with Crippen molar-refractivity contribution in [3.05, 3.63) is 109 Å². The second-order valence-electron chi connectivity index (χ2n) is 18.0. The van der Waals surface area contributed by atoms with E-state index in [1.807, 2.05) is 12.2 Å². The zero-order valence-electron chi connectivity index (χ0n) is 45.1. The van der Waals surface area contributed by atoms with Gasteiger partial charge >= 0.3 is 25.7 Å². The molecule has 3 unspecified atom stereocenters. The predicted octanol–water partition coefficient (Wildman–Crippen LogP) is 16.2. The van der Waals surface area contributed by atoms with Crippen molar-refractivity contribution >= 4 is 25.7 Å². The van der Waals surface area contributed by atoms with Crippen LogP contribution in [-0.4, -0.2) is 66.5 Å². The van der Waals surface area contributed by atoms with Crippen LogP contribution in [0.25, 0.3) is 0 Å². The van der Waals surface area contributed by atoms with E-state index in [0.717, 1.165) is 128 Å². The third-order valence-corrected chi connectivity index (χ3v) is 12.1. The number of rotatable bonds is 50. The van der Waals surface area contributed by atoms with Crippen molar-refractivity contribution in [2.75, 3.05) is 26.4 Å². The number of aliphatic hydroxyl groups excluding tert-OH is 1. The largest absolute Gasteiger partial charge is 0.472 e. The van der Waals surface area contributed by atoms with Gasteiger partial charge in [-0.2, -0.15) is 0 Å². The lowest BCUT2D eigenvalue weighted by Crippen LogP contribution is -2.30. The molecule has 0 saturated heterocycles. The van der Waals surface area contributed by atoms with Gasteiger partial charge in [-0.25, -0.2) is 4.57 Å². The summed E-state index contributed by atoms with van der Waals surface area (Å²) in [6.07, 6.45) is 63.6. The van der Waals surface area contributed by atoms with Gasteiger partial charge in [0, 0.05) is 19.3 Å². The molecule has 11 nitrogen and oxygen atoms in total. The Morgan fingerprint density at radius 3 is 1.25 bits per heavy atom. The number of allylic oxidation sites excluding steroid dienone is 18. The molecule has 2 N–H and O–H groups in total. The summed E-state index contributed by atoms with van der Waals surface area (Å²) in [5, 5.41) is 9.79. The lowest BCUT2D eigenvalue weighted by molar-refractivity contribution is -0.161. The zero-order valence-corrected chi connectivity index (χ0v) is 46.0. The van der Waals surface area contributed by atoms with Gasteiger partial charge in [-0.3, -0.25) is 23.4 Å². The summed E-state index contributed by atoms with van der Waals surface area (Å²) in [4.78, 5) is 48.4. The molecule has 410 valence electrons. The summed E-state index contributed by atoms with van der Waals surface area (Å²) in [6.45, 7) is 4.30. The molecule has 0 aliphatic heterocycles. The molecule has 0 bridgehead atoms. The quantitative estimate of drug-likeness (QED) is 0.0197. The first-order chi connectivity index (χ1) is 35.2. The first kappa shape index (κ1) is 68.1. The third-order valence-electron chi connectivity index (χ3n) is 11.1. The molecular formula is C60H99O11P. The van der Waals surface area contributed by atoms with Crippen molar-refractivity contribution in [1.29, 1.82) is 0 Å². The molecule has 0 saturated carbocycles. The lowest BCUT2D eigenvalue weighted by atomic mass is 10.1. The van der Waals surface area contributed by atoms with Crippen molar-refractivity contribution in [2.24, 2.45) is 0 Å². The monoisotopic (exact) mass is 1030 g/mol. The smallest absolute Gasteiger partial charge is 0.462 e. The highest BCUT2D eigenvalue weighted by Gasteiger charge is 2.28. The maximum atomic E-state index is 12.9. The second-order valence-corrected chi connectivity index (χ2v) is 19.5. The highest BCUT2D eigenvalue weighted by atomic mass is 31.2. The molecule has 0 aromatic rings. The topological polar surface area (TPSA) is 155 Å². The summed E-state index contributed by atoms with van der Waals surface area (Å²) in [5.74, 6) is -1.60. The molecule has 0 aliphatic rings. The highest BCUT2D eigenvalue weighted by molar-refractivity contribution is 7.47. The fourth-order valence-corrected chi connectivity index (χ4v) is 7.73. The van der Waals surface area contributed by atoms with E-state index in [0.29, 0.717) is 19.3 Å². The fraction of sp³-hybridized carbons (Fsp3) is 0.650. The van der Waals surface area contributed by atoms with Gasteiger partial charge < -0.3 is 24.2 Å². The highest BCUT2D eigenvalue weighted by Crippen LogP contribution is 2.43. The van der Waals surface area contributed by atoms with E-state index in [9.17, 15) is 28.9 Å². The Morgan fingerprint density at radius 1 is 0.403 bits per heavy atom. The molecule has 12 heteroatoms. The Kier molecular flexibility index (Phi) is 50.6. The van der Waals surface area contributed by atoms with E-state index in [1.165, 1.54) is 25.7 Å². The van der Waals surface area contributed by atoms with Crippen LogP contribution >= 0.6 is 7.82 Å². The van der Waals surface area contributed by atoms with Gasteiger partial charge in [0.25, 0.3) is 0 Å². The van der Waals surface area contributed by atoms with Crippen LogP contribution in [0.3, 0.4) is 0 Å². The number of phosphoric ester groups is 1. The van der Waals surface area contributed by atoms with Crippen molar-refractivity contribution in [3.8, 4) is 0 Å². The van der Waals surface area contributed by atoms with E-state index in [2.05, 4.69) is 118 Å². The van der Waals surface area contributed by atoms with Crippen LogP contribution in [-0.2, 0) is 42.2 Å². The van der Waals surface area contributed by atoms with E-state index < -0.39 is 57.8 Å². The number of carbonyl (C=O) groups is 3. The molecule has 0 spiro atoms. The van der Waals surface area contributed by atoms with Crippen molar-refractivity contribution < 1.29 is 52.2 Å². The minimum atomic E-state index is -4.78. The standard InChI is InChI=1S/C60H99O11P/c1-4-7-10-13-16-19-22-25-26-27-28-29-30-33-34-37-40-43-46-49-58(62)67-53-57(71-60(64)51-48-45-42-39-36-32-24-21-18-15-12-9-6-3)55-69-72(65,66)68-54-56(52-61)70-59(63)50-47-44-41-38-35-31-23-20-17-14-11-8-5-2/h9,11-12,14,16,18-21,23,25-26,28-29,32,36,42,45,56-57,61H,4-8,10,13,15,17,22,24,27,30-31,33-35,37-41,43-44,46-55H2,1-3H3,(H,65,66)/b12-9-,14-11-,19-16-,21-18-,23-20-,26-25-,29-28-,36-32-,45-42-. The summed E-state index contributed by atoms with van der Waals surface area (Å²) >= 11 is 0. The lowest BCUT2D eigenvalue weighted by Gasteiger charge is -2.21. The zero-order chi connectivity index (χ0) is 52.7. The molecular weight excluding hydrogens is 928 g/mol. The SMILES string of the molecule is CC/C=C\C/C=C\C/C=C\C/C=C\CCC(=O)OC(COC(=O)CCCCCCCC/C=C\C/C=C\C/C=C\CCCCC)COP(=O)(O)OCC(CO)OC(=O)CCCCCCC/C=C\C/C=C\CCC. The molecule has 0 heterocycles. The van der Waals surface area contributed by atoms with E-state index in [-0.39, 0.29) is 25.9 Å². The molecule has 0 aromatic heterocycles. The van der Waals surface area contributed by atoms with Crippen molar-refractivity contribution in [3.63, 3.8) is 0 Å². The first-order valence-corrected chi connectivity index (χ1v) is 29.3. The summed E-state index contributed by atoms with van der Waals surface area (Å²) in [6, 6.07) is 0. The van der Waals surface area contributed by atoms with Crippen molar-refractivity contribution in [1.82, 2.24) is 0 Å². The van der Waals surface area contributed by atoms with Crippen LogP contribution in [0, 0.1) is 0 Å². The molecule has 0 radical (unpaired) electrons. The van der Waals surface area contributed by atoms with Gasteiger partial charge in [0.1, 0.15) is 12.7 Å². The molecule has 72 heavy (non-hydrogen) atoms. The Balaban J connectivity index is 4.82. The van der Waals surface area contributed by atoms with Crippen LogP contribution in [0.1, 0.15) is 213 Å². The molecule has 0 fully saturated rings. The number of hydrogen-bond acceptors (Lipinski definition) is 10. The number of phosphoric acid groups is 1. The van der Waals surface area contributed by atoms with Crippen LogP contribution in [0.2, 0.25) is 0 Å². The molecule has 0 amide bonds. The Hall–Kier alpha value is -3.86. The summed E-state index contributed by atoms with van der Waals surface area (Å²) in [5.41, 5.74) is 0. The summed E-state index contributed by atoms with van der Waals surface area (Å²) < 4.78 is 39.3. The van der Waals surface area contributed by atoms with Gasteiger partial charge in [-0.1, -0.05) is 194 Å². The van der Waals surface area contributed by atoms with Gasteiger partial charge in [-0.05, 0) is 109 Å². The molecule has 3 atom stereocenters. The molecule has 0 rings (SSSR count). The number of esters is 3. The van der Waals surface area contributed by atoms with Gasteiger partial charge in [0.2, 0.25) is 0 Å². The van der Waals surface area contributed by atoms with Crippen LogP contribution in [0.15, 0.2) is 109 Å². The van der Waals surface area contributed by atoms with Gasteiger partial charge in [0.15, 0.2) is 6.10 Å². The maximum Gasteiger partial charge on any atom is 0.472 e. The Morgan fingerprint density at radius 2 is 0.778 bits per heavy atom. The molecule has 0 aliphatic carbocycles. The average molecular weight is 1030 g/mol. The van der Waals surface area contributed by atoms with Crippen LogP contribution in [0.5, 0.6) is 0 Å². The maximum absolute atomic E-state index is 12.9. The predicted molar refractivity (Wildman–Crippen MR) is 297 cm³/mol.